The third-order valence-corrected chi connectivity index (χ3v) is 4.43. The molecule has 116 valence electrons. The molecule has 1 saturated carbocycles. The number of hydrogen-bond acceptors (Lipinski definition) is 5. The third kappa shape index (κ3) is 4.30. The van der Waals surface area contributed by atoms with E-state index in [2.05, 4.69) is 33.0 Å². The van der Waals surface area contributed by atoms with Crippen LogP contribution in [0.3, 0.4) is 0 Å². The van der Waals surface area contributed by atoms with Crippen LogP contribution in [0.2, 0.25) is 0 Å². The summed E-state index contributed by atoms with van der Waals surface area (Å²) < 4.78 is 1.87. The van der Waals surface area contributed by atoms with Crippen LogP contribution in [0, 0.1) is 0 Å². The second kappa shape index (κ2) is 7.40. The quantitative estimate of drug-likeness (QED) is 0.752. The average Bonchev–Trinajstić information content (AvgIpc) is 3.28. The number of tetrazole rings is 1. The monoisotopic (exact) mass is 317 g/mol. The molecule has 2 aromatic rings. The number of carbonyl (C=O) groups is 1. The third-order valence-electron chi connectivity index (χ3n) is 3.49. The van der Waals surface area contributed by atoms with Crippen LogP contribution in [0.4, 0.5) is 0 Å². The van der Waals surface area contributed by atoms with Gasteiger partial charge in [0.25, 0.3) is 0 Å². The first-order chi connectivity index (χ1) is 10.8. The zero-order valence-corrected chi connectivity index (χ0v) is 13.1. The number of nitrogens with zero attached hydrogens (tertiary/aromatic N) is 4. The zero-order chi connectivity index (χ0) is 15.2. The van der Waals surface area contributed by atoms with Crippen LogP contribution in [0.25, 0.3) is 0 Å². The Hall–Kier alpha value is -1.89. The van der Waals surface area contributed by atoms with Crippen LogP contribution in [0.15, 0.2) is 35.5 Å². The number of nitrogens with one attached hydrogen (secondary N) is 1. The molecule has 0 spiro atoms. The highest BCUT2D eigenvalue weighted by atomic mass is 32.2. The Kier molecular flexibility index (Phi) is 5.05. The summed E-state index contributed by atoms with van der Waals surface area (Å²) in [5.74, 6) is 0.776. The highest BCUT2D eigenvalue weighted by Gasteiger charge is 2.27. The molecular weight excluding hydrogens is 298 g/mol. The standard InChI is InChI=1S/C15H19N5OS/c21-14(16-10-8-12-4-2-1-3-5-12)9-11-22-15-17-18-19-20(15)13-6-7-13/h1-5,13H,6-11H2,(H,16,21). The van der Waals surface area contributed by atoms with Gasteiger partial charge in [-0.15, -0.1) is 5.10 Å². The van der Waals surface area contributed by atoms with E-state index < -0.39 is 0 Å². The van der Waals surface area contributed by atoms with Gasteiger partial charge in [-0.3, -0.25) is 4.79 Å². The molecule has 0 bridgehead atoms. The van der Waals surface area contributed by atoms with Gasteiger partial charge in [0, 0.05) is 18.7 Å². The minimum atomic E-state index is 0.0777. The fourth-order valence-electron chi connectivity index (χ4n) is 2.14. The van der Waals surface area contributed by atoms with Crippen molar-refractivity contribution >= 4 is 17.7 Å². The number of amides is 1. The summed E-state index contributed by atoms with van der Waals surface area (Å²) in [7, 11) is 0. The molecular formula is C15H19N5OS. The first-order valence-electron chi connectivity index (χ1n) is 7.54. The number of aromatic nitrogens is 4. The van der Waals surface area contributed by atoms with Crippen LogP contribution in [0.5, 0.6) is 0 Å². The molecule has 1 heterocycles. The molecule has 1 aliphatic rings. The molecule has 0 saturated heterocycles. The second-order valence-electron chi connectivity index (χ2n) is 5.32. The second-order valence-corrected chi connectivity index (χ2v) is 6.38. The van der Waals surface area contributed by atoms with Crippen LogP contribution in [-0.4, -0.2) is 38.4 Å². The average molecular weight is 317 g/mol. The summed E-state index contributed by atoms with van der Waals surface area (Å²) in [6, 6.07) is 10.6. The maximum Gasteiger partial charge on any atom is 0.220 e. The molecule has 0 aliphatic heterocycles. The molecule has 7 heteroatoms. The van der Waals surface area contributed by atoms with Crippen molar-refractivity contribution in [2.45, 2.75) is 36.9 Å². The molecule has 1 amide bonds. The summed E-state index contributed by atoms with van der Waals surface area (Å²) in [6.07, 6.45) is 3.65. The number of benzene rings is 1. The fourth-order valence-corrected chi connectivity index (χ4v) is 3.03. The van der Waals surface area contributed by atoms with Crippen LogP contribution < -0.4 is 5.32 Å². The first-order valence-corrected chi connectivity index (χ1v) is 8.53. The SMILES string of the molecule is O=C(CCSc1nnnn1C1CC1)NCCc1ccccc1. The van der Waals surface area contributed by atoms with E-state index in [0.29, 0.717) is 24.8 Å². The van der Waals surface area contributed by atoms with Gasteiger partial charge in [-0.05, 0) is 35.3 Å². The highest BCUT2D eigenvalue weighted by molar-refractivity contribution is 7.99. The minimum Gasteiger partial charge on any atom is -0.356 e. The van der Waals surface area contributed by atoms with Crippen molar-refractivity contribution in [2.24, 2.45) is 0 Å². The van der Waals surface area contributed by atoms with Gasteiger partial charge in [0.05, 0.1) is 6.04 Å². The van der Waals surface area contributed by atoms with Gasteiger partial charge in [0.1, 0.15) is 0 Å². The van der Waals surface area contributed by atoms with Crippen molar-refractivity contribution in [2.75, 3.05) is 12.3 Å². The topological polar surface area (TPSA) is 72.7 Å². The lowest BCUT2D eigenvalue weighted by Gasteiger charge is -2.05. The number of rotatable bonds is 8. The van der Waals surface area contributed by atoms with Crippen LogP contribution in [-0.2, 0) is 11.2 Å². The molecule has 0 radical (unpaired) electrons. The Morgan fingerprint density at radius 2 is 2.14 bits per heavy atom. The fraction of sp³-hybridized carbons (Fsp3) is 0.467. The lowest BCUT2D eigenvalue weighted by molar-refractivity contribution is -0.120. The van der Waals surface area contributed by atoms with Crippen molar-refractivity contribution in [3.63, 3.8) is 0 Å². The van der Waals surface area contributed by atoms with Crippen molar-refractivity contribution in [3.8, 4) is 0 Å². The van der Waals surface area contributed by atoms with Gasteiger partial charge < -0.3 is 5.32 Å². The van der Waals surface area contributed by atoms with E-state index in [9.17, 15) is 4.79 Å². The van der Waals surface area contributed by atoms with E-state index >= 15 is 0 Å². The lowest BCUT2D eigenvalue weighted by Crippen LogP contribution is -2.25. The summed E-state index contributed by atoms with van der Waals surface area (Å²) in [5.41, 5.74) is 1.24. The molecule has 22 heavy (non-hydrogen) atoms. The van der Waals surface area contributed by atoms with Crippen molar-refractivity contribution in [1.82, 2.24) is 25.5 Å². The van der Waals surface area contributed by atoms with Gasteiger partial charge in [-0.25, -0.2) is 4.68 Å². The predicted octanol–water partition coefficient (Wildman–Crippen LogP) is 1.85. The van der Waals surface area contributed by atoms with Crippen molar-refractivity contribution in [1.29, 1.82) is 0 Å². The normalized spacial score (nSPS) is 14.0. The zero-order valence-electron chi connectivity index (χ0n) is 12.3. The molecule has 0 atom stereocenters. The van der Waals surface area contributed by atoms with Gasteiger partial charge in [-0.2, -0.15) is 0 Å². The first kappa shape index (κ1) is 15.0. The van der Waals surface area contributed by atoms with E-state index in [1.807, 2.05) is 22.9 Å². The van der Waals surface area contributed by atoms with Crippen molar-refractivity contribution < 1.29 is 4.79 Å². The lowest BCUT2D eigenvalue weighted by atomic mass is 10.1. The molecule has 1 fully saturated rings. The smallest absolute Gasteiger partial charge is 0.220 e. The van der Waals surface area contributed by atoms with Crippen LogP contribution >= 0.6 is 11.8 Å². The molecule has 1 aromatic heterocycles. The van der Waals surface area contributed by atoms with E-state index in [0.717, 1.165) is 24.4 Å². The van der Waals surface area contributed by atoms with Crippen molar-refractivity contribution in [3.05, 3.63) is 35.9 Å². The Balaban J connectivity index is 1.33. The molecule has 1 N–H and O–H groups in total. The van der Waals surface area contributed by atoms with E-state index in [1.54, 1.807) is 11.8 Å². The Morgan fingerprint density at radius 3 is 2.91 bits per heavy atom. The van der Waals surface area contributed by atoms with E-state index in [4.69, 9.17) is 0 Å². The highest BCUT2D eigenvalue weighted by Crippen LogP contribution is 2.36. The predicted molar refractivity (Wildman–Crippen MR) is 84.6 cm³/mol. The summed E-state index contributed by atoms with van der Waals surface area (Å²) in [5, 5.41) is 15.5. The summed E-state index contributed by atoms with van der Waals surface area (Å²) in [4.78, 5) is 11.8. The summed E-state index contributed by atoms with van der Waals surface area (Å²) >= 11 is 1.55. The van der Waals surface area contributed by atoms with Gasteiger partial charge in [0.15, 0.2) is 0 Å². The number of carbonyl (C=O) groups excluding carboxylic acids is 1. The van der Waals surface area contributed by atoms with Gasteiger partial charge >= 0.3 is 0 Å². The Labute approximate surface area is 133 Å². The van der Waals surface area contributed by atoms with Crippen LogP contribution in [0.1, 0.15) is 30.9 Å². The Morgan fingerprint density at radius 1 is 1.32 bits per heavy atom. The van der Waals surface area contributed by atoms with Gasteiger partial charge in [0.2, 0.25) is 11.1 Å². The minimum absolute atomic E-state index is 0.0777. The molecule has 0 unspecified atom stereocenters. The summed E-state index contributed by atoms with van der Waals surface area (Å²) in [6.45, 7) is 0.674. The van der Waals surface area contributed by atoms with E-state index in [1.165, 1.54) is 5.56 Å². The number of thioether (sulfide) groups is 1. The number of hydrogen-bond donors (Lipinski definition) is 1. The molecule has 3 rings (SSSR count). The molecule has 1 aromatic carbocycles. The van der Waals surface area contributed by atoms with Gasteiger partial charge in [-0.1, -0.05) is 42.1 Å². The Bertz CT molecular complexity index is 611. The molecule has 6 nitrogen and oxygen atoms in total. The maximum atomic E-state index is 11.8. The van der Waals surface area contributed by atoms with E-state index in [-0.39, 0.29) is 5.91 Å². The molecule has 1 aliphatic carbocycles. The maximum absolute atomic E-state index is 11.8. The largest absolute Gasteiger partial charge is 0.356 e.